The van der Waals surface area contributed by atoms with Crippen LogP contribution in [0, 0.1) is 0 Å². The highest BCUT2D eigenvalue weighted by atomic mass is 32.1. The molecule has 1 saturated heterocycles. The van der Waals surface area contributed by atoms with Crippen molar-refractivity contribution in [2.45, 2.75) is 74.8 Å². The smallest absolute Gasteiger partial charge is 0.164 e. The number of ether oxygens (including phenoxy) is 1. The summed E-state index contributed by atoms with van der Waals surface area (Å²) in [7, 11) is 0. The van der Waals surface area contributed by atoms with Crippen molar-refractivity contribution in [1.82, 2.24) is 10.3 Å². The molecule has 0 amide bonds. The number of rotatable bonds is 5. The normalized spacial score (nSPS) is 28.6. The summed E-state index contributed by atoms with van der Waals surface area (Å²) >= 11 is 1.72. The molecule has 2 aromatic rings. The van der Waals surface area contributed by atoms with E-state index in [1.54, 1.807) is 11.3 Å². The molecular formula is C24H30N2O2S. The van der Waals surface area contributed by atoms with E-state index in [2.05, 4.69) is 22.8 Å². The van der Waals surface area contributed by atoms with Crippen LogP contribution in [0.3, 0.4) is 0 Å². The van der Waals surface area contributed by atoms with Crippen molar-refractivity contribution in [1.29, 1.82) is 0 Å². The number of hydrogen-bond acceptors (Lipinski definition) is 5. The molecule has 29 heavy (non-hydrogen) atoms. The van der Waals surface area contributed by atoms with Crippen LogP contribution in [0.25, 0.3) is 0 Å². The Hall–Kier alpha value is -1.56. The molecule has 4 nitrogen and oxygen atoms in total. The number of fused-ring (bicyclic) bond motifs is 1. The Balaban J connectivity index is 1.34. The summed E-state index contributed by atoms with van der Waals surface area (Å²) in [5, 5.41) is 5.85. The van der Waals surface area contributed by atoms with Gasteiger partial charge in [-0.3, -0.25) is 9.78 Å². The molecule has 1 spiro atoms. The number of nitrogens with one attached hydrogen (secondary N) is 1. The zero-order valence-corrected chi connectivity index (χ0v) is 17.8. The summed E-state index contributed by atoms with van der Waals surface area (Å²) in [6.45, 7) is 1.78. The summed E-state index contributed by atoms with van der Waals surface area (Å²) in [5.74, 6) is 0.303. The minimum Gasteiger partial charge on any atom is -0.375 e. The maximum atomic E-state index is 12.1. The Morgan fingerprint density at radius 1 is 1.21 bits per heavy atom. The van der Waals surface area contributed by atoms with Gasteiger partial charge in [0.25, 0.3) is 0 Å². The van der Waals surface area contributed by atoms with E-state index in [0.29, 0.717) is 18.2 Å². The monoisotopic (exact) mass is 410 g/mol. The van der Waals surface area contributed by atoms with Gasteiger partial charge >= 0.3 is 0 Å². The fourth-order valence-corrected chi connectivity index (χ4v) is 6.86. The molecule has 2 aromatic heterocycles. The van der Waals surface area contributed by atoms with Crippen LogP contribution >= 0.6 is 11.3 Å². The maximum absolute atomic E-state index is 12.1. The summed E-state index contributed by atoms with van der Waals surface area (Å²) in [5.41, 5.74) is 2.31. The van der Waals surface area contributed by atoms with Gasteiger partial charge in [0, 0.05) is 46.8 Å². The molecule has 154 valence electrons. The molecule has 2 atom stereocenters. The SMILES string of the molecule is O=C1CC[C@H](NCC[C@@]2(c3ccccn3)CCOC3(CCCC3)C2)c2sccc21. The lowest BCUT2D eigenvalue weighted by atomic mass is 9.68. The molecule has 0 aromatic carbocycles. The topological polar surface area (TPSA) is 51.2 Å². The minimum atomic E-state index is 0.0634. The molecule has 5 heteroatoms. The van der Waals surface area contributed by atoms with Gasteiger partial charge in [0.1, 0.15) is 0 Å². The van der Waals surface area contributed by atoms with Crippen molar-refractivity contribution >= 4 is 17.1 Å². The van der Waals surface area contributed by atoms with Crippen molar-refractivity contribution in [2.24, 2.45) is 0 Å². The fourth-order valence-electron chi connectivity index (χ4n) is 5.84. The number of hydrogen-bond donors (Lipinski definition) is 1. The average Bonchev–Trinajstić information content (AvgIpc) is 3.41. The van der Waals surface area contributed by atoms with E-state index >= 15 is 0 Å². The zero-order valence-electron chi connectivity index (χ0n) is 17.0. The highest BCUT2D eigenvalue weighted by molar-refractivity contribution is 7.10. The van der Waals surface area contributed by atoms with E-state index in [9.17, 15) is 4.79 Å². The second kappa shape index (κ2) is 7.93. The summed E-state index contributed by atoms with van der Waals surface area (Å²) < 4.78 is 6.36. The van der Waals surface area contributed by atoms with Gasteiger partial charge in [-0.05, 0) is 68.6 Å². The summed E-state index contributed by atoms with van der Waals surface area (Å²) in [4.78, 5) is 18.2. The lowest BCUT2D eigenvalue weighted by Crippen LogP contribution is -2.47. The number of pyridine rings is 1. The largest absolute Gasteiger partial charge is 0.375 e. The van der Waals surface area contributed by atoms with Gasteiger partial charge in [-0.1, -0.05) is 18.9 Å². The van der Waals surface area contributed by atoms with E-state index < -0.39 is 0 Å². The Bertz CT molecular complexity index is 859. The van der Waals surface area contributed by atoms with Gasteiger partial charge in [0.2, 0.25) is 0 Å². The molecule has 3 heterocycles. The molecule has 1 N–H and O–H groups in total. The van der Waals surface area contributed by atoms with E-state index in [4.69, 9.17) is 9.72 Å². The molecule has 2 aliphatic carbocycles. The lowest BCUT2D eigenvalue weighted by Gasteiger charge is -2.46. The van der Waals surface area contributed by atoms with E-state index in [1.807, 2.05) is 18.3 Å². The van der Waals surface area contributed by atoms with Gasteiger partial charge in [-0.2, -0.15) is 0 Å². The number of thiophene rings is 1. The van der Waals surface area contributed by atoms with Crippen LogP contribution in [-0.4, -0.2) is 29.5 Å². The van der Waals surface area contributed by atoms with Crippen LogP contribution in [-0.2, 0) is 10.2 Å². The summed E-state index contributed by atoms with van der Waals surface area (Å²) in [6, 6.07) is 8.65. The van der Waals surface area contributed by atoms with Crippen molar-refractivity contribution in [3.63, 3.8) is 0 Å². The van der Waals surface area contributed by atoms with Crippen molar-refractivity contribution in [2.75, 3.05) is 13.2 Å². The number of carbonyl (C=O) groups is 1. The molecule has 3 aliphatic rings. The number of carbonyl (C=O) groups excluding carboxylic acids is 1. The third kappa shape index (κ3) is 3.69. The van der Waals surface area contributed by atoms with Crippen molar-refractivity contribution in [3.05, 3.63) is 52.0 Å². The van der Waals surface area contributed by atoms with Gasteiger partial charge in [-0.25, -0.2) is 0 Å². The average molecular weight is 411 g/mol. The molecule has 2 fully saturated rings. The predicted octanol–water partition coefficient (Wildman–Crippen LogP) is 5.20. The van der Waals surface area contributed by atoms with Crippen LogP contribution in [0.5, 0.6) is 0 Å². The first-order valence-electron chi connectivity index (χ1n) is 11.1. The molecule has 0 bridgehead atoms. The molecule has 0 unspecified atom stereocenters. The van der Waals surface area contributed by atoms with Crippen molar-refractivity contribution in [3.8, 4) is 0 Å². The maximum Gasteiger partial charge on any atom is 0.164 e. The molecule has 5 rings (SSSR count). The molecular weight excluding hydrogens is 380 g/mol. The Kier molecular flexibility index (Phi) is 5.31. The van der Waals surface area contributed by atoms with Crippen LogP contribution in [0.2, 0.25) is 0 Å². The Morgan fingerprint density at radius 3 is 2.93 bits per heavy atom. The molecule has 1 saturated carbocycles. The lowest BCUT2D eigenvalue weighted by molar-refractivity contribution is -0.104. The number of Topliss-reactive ketones (excluding diaryl/α,β-unsaturated/α-hetero) is 1. The second-order valence-corrected chi connectivity index (χ2v) is 10.0. The first kappa shape index (κ1) is 19.4. The summed E-state index contributed by atoms with van der Waals surface area (Å²) in [6.07, 6.45) is 11.7. The van der Waals surface area contributed by atoms with Crippen LogP contribution < -0.4 is 5.32 Å². The Morgan fingerprint density at radius 2 is 2.10 bits per heavy atom. The second-order valence-electron chi connectivity index (χ2n) is 9.08. The first-order chi connectivity index (χ1) is 14.2. The highest BCUT2D eigenvalue weighted by Gasteiger charge is 2.48. The highest BCUT2D eigenvalue weighted by Crippen LogP contribution is 2.49. The number of ketones is 1. The van der Waals surface area contributed by atoms with Gasteiger partial charge < -0.3 is 10.1 Å². The van der Waals surface area contributed by atoms with Gasteiger partial charge in [-0.15, -0.1) is 11.3 Å². The van der Waals surface area contributed by atoms with Crippen molar-refractivity contribution < 1.29 is 9.53 Å². The van der Waals surface area contributed by atoms with Crippen LogP contribution in [0.4, 0.5) is 0 Å². The van der Waals surface area contributed by atoms with Crippen LogP contribution in [0.1, 0.15) is 84.8 Å². The minimum absolute atomic E-state index is 0.0634. The zero-order chi connectivity index (χ0) is 19.7. The molecule has 1 aliphatic heterocycles. The molecule has 0 radical (unpaired) electrons. The quantitative estimate of drug-likeness (QED) is 0.736. The predicted molar refractivity (Wildman–Crippen MR) is 116 cm³/mol. The fraction of sp³-hybridized carbons (Fsp3) is 0.583. The van der Waals surface area contributed by atoms with E-state index in [1.165, 1.54) is 36.3 Å². The van der Waals surface area contributed by atoms with Gasteiger partial charge in [0.15, 0.2) is 5.78 Å². The first-order valence-corrected chi connectivity index (χ1v) is 12.0. The number of nitrogens with zero attached hydrogens (tertiary/aromatic N) is 1. The third-order valence-electron chi connectivity index (χ3n) is 7.34. The van der Waals surface area contributed by atoms with E-state index in [0.717, 1.165) is 44.4 Å². The standard InChI is InChI=1S/C24H30N2O2S/c27-20-7-6-19(22-18(20)8-16-29-22)25-14-11-23(21-5-1-4-13-26-21)12-15-28-24(17-23)9-2-3-10-24/h1,4-5,8,13,16,19,25H,2-3,6-7,9-12,14-15,17H2/t19-,23+/m0/s1. The third-order valence-corrected chi connectivity index (χ3v) is 8.37. The van der Waals surface area contributed by atoms with Gasteiger partial charge in [0.05, 0.1) is 5.60 Å². The van der Waals surface area contributed by atoms with Crippen LogP contribution in [0.15, 0.2) is 35.8 Å². The Labute approximate surface area is 177 Å². The number of aromatic nitrogens is 1. The van der Waals surface area contributed by atoms with E-state index in [-0.39, 0.29) is 11.0 Å².